The molecule has 0 amide bonds. The smallest absolute Gasteiger partial charge is 0.229 e. The summed E-state index contributed by atoms with van der Waals surface area (Å²) in [6, 6.07) is 3.88. The van der Waals surface area contributed by atoms with Gasteiger partial charge in [-0.1, -0.05) is 12.1 Å². The number of halogens is 3. The van der Waals surface area contributed by atoms with Crippen molar-refractivity contribution < 1.29 is 30.0 Å². The van der Waals surface area contributed by atoms with Crippen LogP contribution in [0.1, 0.15) is 12.0 Å². The molecule has 0 saturated carbocycles. The molecule has 0 radical (unpaired) electrons. The highest BCUT2D eigenvalue weighted by Crippen LogP contribution is 2.36. The van der Waals surface area contributed by atoms with Crippen LogP contribution in [0.15, 0.2) is 29.2 Å². The van der Waals surface area contributed by atoms with E-state index in [1.165, 1.54) is 6.07 Å². The highest BCUT2D eigenvalue weighted by Gasteiger charge is 2.42. The molecule has 1 unspecified atom stereocenters. The van der Waals surface area contributed by atoms with Crippen molar-refractivity contribution in [3.8, 4) is 0 Å². The maximum Gasteiger partial charge on any atom is 0.417 e. The lowest BCUT2D eigenvalue weighted by Crippen LogP contribution is -2.32. The van der Waals surface area contributed by atoms with Crippen molar-refractivity contribution in [2.24, 2.45) is 0 Å². The number of alkyl halides is 3. The number of sulfone groups is 1. The van der Waals surface area contributed by atoms with E-state index in [0.29, 0.717) is 6.07 Å². The third kappa shape index (κ3) is 3.28. The Hall–Kier alpha value is -1.13. The summed E-state index contributed by atoms with van der Waals surface area (Å²) in [5.41, 5.74) is -1.25. The summed E-state index contributed by atoms with van der Waals surface area (Å²) in [5, 5.41) is -0.889. The molecule has 1 aliphatic rings. The highest BCUT2D eigenvalue weighted by atomic mass is 32.2. The van der Waals surface area contributed by atoms with Gasteiger partial charge in [-0.15, -0.1) is 0 Å². The zero-order valence-corrected chi connectivity index (χ0v) is 13.2. The Kier molecular flexibility index (Phi) is 4.31. The Morgan fingerprint density at radius 3 is 2.23 bits per heavy atom. The van der Waals surface area contributed by atoms with E-state index in [2.05, 4.69) is 0 Å². The molecular weight excluding hydrogens is 343 g/mol. The van der Waals surface area contributed by atoms with E-state index in [9.17, 15) is 30.0 Å². The van der Waals surface area contributed by atoms with Crippen LogP contribution < -0.4 is 0 Å². The first-order valence-corrected chi connectivity index (χ1v) is 9.69. The normalized spacial score (nSPS) is 21.2. The van der Waals surface area contributed by atoms with Crippen LogP contribution in [0.2, 0.25) is 0 Å². The SMILES string of the molecule is CS(=O)(=O)C1CCN(S(=O)(=O)c2ccccc2C(F)(F)F)C1. The van der Waals surface area contributed by atoms with Gasteiger partial charge in [0.05, 0.1) is 15.7 Å². The van der Waals surface area contributed by atoms with Gasteiger partial charge in [0.1, 0.15) is 0 Å². The summed E-state index contributed by atoms with van der Waals surface area (Å²) >= 11 is 0. The molecule has 0 N–H and O–H groups in total. The summed E-state index contributed by atoms with van der Waals surface area (Å²) in [7, 11) is -7.84. The van der Waals surface area contributed by atoms with Crippen LogP contribution in [0, 0.1) is 0 Å². The predicted octanol–water partition coefficient (Wildman–Crippen LogP) is 1.51. The third-order valence-electron chi connectivity index (χ3n) is 3.52. The Morgan fingerprint density at radius 2 is 1.73 bits per heavy atom. The second kappa shape index (κ2) is 5.50. The van der Waals surface area contributed by atoms with Crippen LogP contribution >= 0.6 is 0 Å². The summed E-state index contributed by atoms with van der Waals surface area (Å²) in [5.74, 6) is 0. The lowest BCUT2D eigenvalue weighted by molar-refractivity contribution is -0.139. The van der Waals surface area contributed by atoms with E-state index in [4.69, 9.17) is 0 Å². The van der Waals surface area contributed by atoms with Crippen LogP contribution in [0.25, 0.3) is 0 Å². The van der Waals surface area contributed by atoms with Gasteiger partial charge in [0.25, 0.3) is 0 Å². The molecule has 1 fully saturated rings. The number of nitrogens with zero attached hydrogens (tertiary/aromatic N) is 1. The van der Waals surface area contributed by atoms with E-state index in [1.807, 2.05) is 0 Å². The molecule has 124 valence electrons. The molecule has 1 aromatic carbocycles. The molecule has 0 aliphatic carbocycles. The summed E-state index contributed by atoms with van der Waals surface area (Å²) in [6.07, 6.45) is -3.75. The molecule has 2 rings (SSSR count). The van der Waals surface area contributed by atoms with Gasteiger partial charge in [-0.25, -0.2) is 16.8 Å². The molecule has 1 aliphatic heterocycles. The molecule has 1 atom stereocenters. The van der Waals surface area contributed by atoms with Crippen molar-refractivity contribution in [1.29, 1.82) is 0 Å². The van der Waals surface area contributed by atoms with Crippen LogP contribution in [0.3, 0.4) is 0 Å². The lowest BCUT2D eigenvalue weighted by atomic mass is 10.2. The van der Waals surface area contributed by atoms with Crippen LogP contribution in [0.4, 0.5) is 13.2 Å². The molecule has 0 aromatic heterocycles. The van der Waals surface area contributed by atoms with Crippen LogP contribution in [-0.4, -0.2) is 45.7 Å². The zero-order chi connectivity index (χ0) is 16.8. The van der Waals surface area contributed by atoms with E-state index in [-0.39, 0.29) is 19.5 Å². The average Bonchev–Trinajstić information content (AvgIpc) is 2.88. The van der Waals surface area contributed by atoms with E-state index in [0.717, 1.165) is 22.7 Å². The van der Waals surface area contributed by atoms with Crippen molar-refractivity contribution in [3.05, 3.63) is 29.8 Å². The van der Waals surface area contributed by atoms with Crippen LogP contribution in [0.5, 0.6) is 0 Å². The second-order valence-electron chi connectivity index (χ2n) is 5.10. The number of hydrogen-bond donors (Lipinski definition) is 0. The molecule has 0 bridgehead atoms. The number of benzene rings is 1. The average molecular weight is 357 g/mol. The van der Waals surface area contributed by atoms with Gasteiger partial charge < -0.3 is 0 Å². The molecule has 1 aromatic rings. The number of hydrogen-bond acceptors (Lipinski definition) is 4. The fraction of sp³-hybridized carbons (Fsp3) is 0.500. The first kappa shape index (κ1) is 17.2. The van der Waals surface area contributed by atoms with Crippen molar-refractivity contribution in [2.75, 3.05) is 19.3 Å². The third-order valence-corrected chi connectivity index (χ3v) is 7.04. The summed E-state index contributed by atoms with van der Waals surface area (Å²) in [6.45, 7) is -0.445. The minimum Gasteiger partial charge on any atom is -0.229 e. The monoisotopic (exact) mass is 357 g/mol. The number of sulfonamides is 1. The van der Waals surface area contributed by atoms with Crippen molar-refractivity contribution in [1.82, 2.24) is 4.31 Å². The molecule has 5 nitrogen and oxygen atoms in total. The lowest BCUT2D eigenvalue weighted by Gasteiger charge is -2.19. The van der Waals surface area contributed by atoms with Gasteiger partial charge >= 0.3 is 6.18 Å². The minimum absolute atomic E-state index is 0.0756. The Balaban J connectivity index is 2.42. The van der Waals surface area contributed by atoms with E-state index < -0.39 is 41.7 Å². The quantitative estimate of drug-likeness (QED) is 0.822. The fourth-order valence-corrected chi connectivity index (χ4v) is 5.12. The first-order valence-electron chi connectivity index (χ1n) is 6.29. The van der Waals surface area contributed by atoms with Gasteiger partial charge in [-0.2, -0.15) is 17.5 Å². The second-order valence-corrected chi connectivity index (χ2v) is 9.33. The zero-order valence-electron chi connectivity index (χ0n) is 11.5. The molecule has 10 heteroatoms. The van der Waals surface area contributed by atoms with Crippen molar-refractivity contribution >= 4 is 19.9 Å². The molecule has 0 spiro atoms. The molecule has 22 heavy (non-hydrogen) atoms. The molecular formula is C12H14F3NO4S2. The highest BCUT2D eigenvalue weighted by molar-refractivity contribution is 7.91. The van der Waals surface area contributed by atoms with E-state index in [1.54, 1.807) is 0 Å². The van der Waals surface area contributed by atoms with Crippen molar-refractivity contribution in [3.63, 3.8) is 0 Å². The molecule has 1 saturated heterocycles. The van der Waals surface area contributed by atoms with Crippen molar-refractivity contribution in [2.45, 2.75) is 22.7 Å². The summed E-state index contributed by atoms with van der Waals surface area (Å²) in [4.78, 5) is -0.850. The van der Waals surface area contributed by atoms with E-state index >= 15 is 0 Å². The standard InChI is InChI=1S/C12H14F3NO4S2/c1-21(17,18)9-6-7-16(8-9)22(19,20)11-5-3-2-4-10(11)12(13,14)15/h2-5,9H,6-8H2,1H3. The maximum absolute atomic E-state index is 13.0. The Labute approximate surface area is 126 Å². The first-order chi connectivity index (χ1) is 9.94. The Morgan fingerprint density at radius 1 is 1.14 bits per heavy atom. The minimum atomic E-state index is -4.81. The van der Waals surface area contributed by atoms with Gasteiger partial charge in [-0.3, -0.25) is 0 Å². The molecule has 1 heterocycles. The number of rotatable bonds is 3. The van der Waals surface area contributed by atoms with Gasteiger partial charge in [0.2, 0.25) is 10.0 Å². The van der Waals surface area contributed by atoms with Crippen LogP contribution in [-0.2, 0) is 26.0 Å². The van der Waals surface area contributed by atoms with Gasteiger partial charge in [-0.05, 0) is 18.6 Å². The van der Waals surface area contributed by atoms with Gasteiger partial charge in [0, 0.05) is 19.3 Å². The topological polar surface area (TPSA) is 71.5 Å². The predicted molar refractivity (Wildman–Crippen MR) is 73.5 cm³/mol. The Bertz CT molecular complexity index is 772. The summed E-state index contributed by atoms with van der Waals surface area (Å²) < 4.78 is 87.4. The van der Waals surface area contributed by atoms with Gasteiger partial charge in [0.15, 0.2) is 9.84 Å². The fourth-order valence-electron chi connectivity index (χ4n) is 2.33. The largest absolute Gasteiger partial charge is 0.417 e. The maximum atomic E-state index is 13.0.